The highest BCUT2D eigenvalue weighted by atomic mass is 16.5. The Hall–Kier alpha value is -1.28. The Morgan fingerprint density at radius 3 is 2.88 bits per heavy atom. The fourth-order valence-corrected chi connectivity index (χ4v) is 1.78. The predicted molar refractivity (Wildman–Crippen MR) is 68.7 cm³/mol. The van der Waals surface area contributed by atoms with E-state index in [0.717, 1.165) is 31.4 Å². The largest absolute Gasteiger partial charge is 0.496 e. The highest BCUT2D eigenvalue weighted by molar-refractivity contribution is 5.33. The average Bonchev–Trinajstić information content (AvgIpc) is 2.30. The number of nitrogens with two attached hydrogens (primary N) is 1. The number of hydrogen-bond donors (Lipinski definition) is 1. The quantitative estimate of drug-likeness (QED) is 0.565. The predicted octanol–water partition coefficient (Wildman–Crippen LogP) is 2.92. The van der Waals surface area contributed by atoms with E-state index >= 15 is 0 Å². The number of allylic oxidation sites excluding steroid dienone is 1. The summed E-state index contributed by atoms with van der Waals surface area (Å²) >= 11 is 0. The maximum atomic E-state index is 6.08. The molecule has 1 rings (SSSR count). The highest BCUT2D eigenvalue weighted by Crippen LogP contribution is 2.19. The Morgan fingerprint density at radius 1 is 1.44 bits per heavy atom. The SMILES string of the molecule is C=CCCCC(N)Cc1ccccc1OC. The molecule has 1 aromatic rings. The lowest BCUT2D eigenvalue weighted by Crippen LogP contribution is -2.22. The summed E-state index contributed by atoms with van der Waals surface area (Å²) in [6.07, 6.45) is 6.00. The first-order valence-corrected chi connectivity index (χ1v) is 5.76. The molecule has 0 fully saturated rings. The lowest BCUT2D eigenvalue weighted by molar-refractivity contribution is 0.407. The molecular weight excluding hydrogens is 198 g/mol. The van der Waals surface area contributed by atoms with Crippen LogP contribution >= 0.6 is 0 Å². The summed E-state index contributed by atoms with van der Waals surface area (Å²) in [5, 5.41) is 0. The van der Waals surface area contributed by atoms with Gasteiger partial charge in [-0.3, -0.25) is 0 Å². The van der Waals surface area contributed by atoms with Gasteiger partial charge in [0.15, 0.2) is 0 Å². The molecule has 0 bridgehead atoms. The minimum absolute atomic E-state index is 0.205. The average molecular weight is 219 g/mol. The molecule has 0 aliphatic rings. The van der Waals surface area contributed by atoms with Gasteiger partial charge in [0.25, 0.3) is 0 Å². The fourth-order valence-electron chi connectivity index (χ4n) is 1.78. The Morgan fingerprint density at radius 2 is 2.19 bits per heavy atom. The molecule has 2 N–H and O–H groups in total. The summed E-state index contributed by atoms with van der Waals surface area (Å²) in [6, 6.07) is 8.26. The van der Waals surface area contributed by atoms with Crippen molar-refractivity contribution in [3.05, 3.63) is 42.5 Å². The summed E-state index contributed by atoms with van der Waals surface area (Å²) in [5.74, 6) is 0.932. The van der Waals surface area contributed by atoms with Crippen LogP contribution in [0.15, 0.2) is 36.9 Å². The van der Waals surface area contributed by atoms with Crippen LogP contribution in [0.5, 0.6) is 5.75 Å². The van der Waals surface area contributed by atoms with Gasteiger partial charge in [-0.25, -0.2) is 0 Å². The maximum Gasteiger partial charge on any atom is 0.122 e. The third-order valence-corrected chi connectivity index (χ3v) is 2.66. The Labute approximate surface area is 98.1 Å². The van der Waals surface area contributed by atoms with Crippen molar-refractivity contribution in [2.45, 2.75) is 31.7 Å². The molecule has 88 valence electrons. The third-order valence-electron chi connectivity index (χ3n) is 2.66. The van der Waals surface area contributed by atoms with E-state index in [4.69, 9.17) is 10.5 Å². The normalized spacial score (nSPS) is 12.1. The third kappa shape index (κ3) is 4.07. The van der Waals surface area contributed by atoms with E-state index in [1.54, 1.807) is 7.11 Å². The molecule has 0 spiro atoms. The van der Waals surface area contributed by atoms with E-state index in [0.29, 0.717) is 0 Å². The van der Waals surface area contributed by atoms with E-state index in [1.807, 2.05) is 24.3 Å². The summed E-state index contributed by atoms with van der Waals surface area (Å²) in [7, 11) is 1.70. The van der Waals surface area contributed by atoms with Gasteiger partial charge in [0, 0.05) is 6.04 Å². The molecule has 2 nitrogen and oxygen atoms in total. The van der Waals surface area contributed by atoms with Crippen LogP contribution in [-0.4, -0.2) is 13.2 Å². The van der Waals surface area contributed by atoms with Crippen LogP contribution in [0.1, 0.15) is 24.8 Å². The van der Waals surface area contributed by atoms with Crippen molar-refractivity contribution >= 4 is 0 Å². The topological polar surface area (TPSA) is 35.2 Å². The number of methoxy groups -OCH3 is 1. The number of para-hydroxylation sites is 1. The molecule has 0 saturated heterocycles. The molecule has 0 aromatic heterocycles. The molecule has 1 atom stereocenters. The van der Waals surface area contributed by atoms with Gasteiger partial charge in [0.05, 0.1) is 7.11 Å². The zero-order valence-electron chi connectivity index (χ0n) is 9.99. The van der Waals surface area contributed by atoms with Crippen LogP contribution in [0, 0.1) is 0 Å². The monoisotopic (exact) mass is 219 g/mol. The molecule has 0 aliphatic carbocycles. The Kier molecular flexibility index (Phi) is 5.65. The Balaban J connectivity index is 2.48. The molecule has 1 unspecified atom stereocenters. The lowest BCUT2D eigenvalue weighted by atomic mass is 10.0. The van der Waals surface area contributed by atoms with Crippen molar-refractivity contribution in [2.24, 2.45) is 5.73 Å². The second-order valence-electron chi connectivity index (χ2n) is 4.00. The van der Waals surface area contributed by atoms with Gasteiger partial charge >= 0.3 is 0 Å². The number of rotatable bonds is 7. The van der Waals surface area contributed by atoms with Crippen LogP contribution in [-0.2, 0) is 6.42 Å². The summed E-state index contributed by atoms with van der Waals surface area (Å²) < 4.78 is 5.30. The highest BCUT2D eigenvalue weighted by Gasteiger charge is 2.07. The summed E-state index contributed by atoms with van der Waals surface area (Å²) in [4.78, 5) is 0. The van der Waals surface area contributed by atoms with Crippen molar-refractivity contribution in [2.75, 3.05) is 7.11 Å². The van der Waals surface area contributed by atoms with E-state index in [2.05, 4.69) is 12.6 Å². The minimum Gasteiger partial charge on any atom is -0.496 e. The van der Waals surface area contributed by atoms with Gasteiger partial charge in [-0.2, -0.15) is 0 Å². The van der Waals surface area contributed by atoms with Gasteiger partial charge < -0.3 is 10.5 Å². The first-order chi connectivity index (χ1) is 7.77. The second kappa shape index (κ2) is 7.07. The summed E-state index contributed by atoms with van der Waals surface area (Å²) in [5.41, 5.74) is 7.27. The molecule has 16 heavy (non-hydrogen) atoms. The number of benzene rings is 1. The molecule has 1 aromatic carbocycles. The van der Waals surface area contributed by atoms with Gasteiger partial charge in [0.1, 0.15) is 5.75 Å². The Bertz CT molecular complexity index is 322. The van der Waals surface area contributed by atoms with Gasteiger partial charge in [-0.05, 0) is 37.3 Å². The van der Waals surface area contributed by atoms with Crippen molar-refractivity contribution in [1.82, 2.24) is 0 Å². The molecule has 0 saturated carbocycles. The number of unbranched alkanes of at least 4 members (excludes halogenated alkanes) is 1. The van der Waals surface area contributed by atoms with Gasteiger partial charge in [-0.1, -0.05) is 24.3 Å². The zero-order chi connectivity index (χ0) is 11.8. The van der Waals surface area contributed by atoms with E-state index in [-0.39, 0.29) is 6.04 Å². The van der Waals surface area contributed by atoms with E-state index in [1.165, 1.54) is 5.56 Å². The number of ether oxygens (including phenoxy) is 1. The van der Waals surface area contributed by atoms with Crippen LogP contribution in [0.4, 0.5) is 0 Å². The van der Waals surface area contributed by atoms with Gasteiger partial charge in [0.2, 0.25) is 0 Å². The molecule has 0 aliphatic heterocycles. The molecular formula is C14H21NO. The molecule has 0 amide bonds. The minimum atomic E-state index is 0.205. The maximum absolute atomic E-state index is 6.08. The fraction of sp³-hybridized carbons (Fsp3) is 0.429. The van der Waals surface area contributed by atoms with Crippen LogP contribution in [0.3, 0.4) is 0 Å². The summed E-state index contributed by atoms with van der Waals surface area (Å²) in [6.45, 7) is 3.71. The second-order valence-corrected chi connectivity index (χ2v) is 4.00. The van der Waals surface area contributed by atoms with Crippen molar-refractivity contribution in [1.29, 1.82) is 0 Å². The van der Waals surface area contributed by atoms with Crippen molar-refractivity contribution in [3.8, 4) is 5.75 Å². The molecule has 0 heterocycles. The first kappa shape index (κ1) is 12.8. The first-order valence-electron chi connectivity index (χ1n) is 5.76. The number of hydrogen-bond acceptors (Lipinski definition) is 2. The van der Waals surface area contributed by atoms with Crippen LogP contribution in [0.2, 0.25) is 0 Å². The van der Waals surface area contributed by atoms with Crippen molar-refractivity contribution < 1.29 is 4.74 Å². The van der Waals surface area contributed by atoms with Crippen LogP contribution in [0.25, 0.3) is 0 Å². The van der Waals surface area contributed by atoms with E-state index < -0.39 is 0 Å². The zero-order valence-corrected chi connectivity index (χ0v) is 9.99. The van der Waals surface area contributed by atoms with Crippen molar-refractivity contribution in [3.63, 3.8) is 0 Å². The van der Waals surface area contributed by atoms with Crippen LogP contribution < -0.4 is 10.5 Å². The van der Waals surface area contributed by atoms with Gasteiger partial charge in [-0.15, -0.1) is 6.58 Å². The molecule has 0 radical (unpaired) electrons. The standard InChI is InChI=1S/C14H21NO/c1-3-4-5-9-13(15)11-12-8-6-7-10-14(12)16-2/h3,6-8,10,13H,1,4-5,9,11,15H2,2H3. The molecule has 2 heteroatoms. The van der Waals surface area contributed by atoms with E-state index in [9.17, 15) is 0 Å². The lowest BCUT2D eigenvalue weighted by Gasteiger charge is -2.13. The smallest absolute Gasteiger partial charge is 0.122 e.